The van der Waals surface area contributed by atoms with Crippen LogP contribution in [0.1, 0.15) is 13.8 Å². The van der Waals surface area contributed by atoms with Crippen LogP contribution in [-0.4, -0.2) is 25.2 Å². The number of hydrogen-bond acceptors (Lipinski definition) is 4. The lowest BCUT2D eigenvalue weighted by Crippen LogP contribution is -2.26. The Hall–Kier alpha value is -3.58. The fraction of sp³-hybridized carbons (Fsp3) is 0.125. The molecule has 4 aromatic carbocycles. The van der Waals surface area contributed by atoms with Crippen molar-refractivity contribution in [2.75, 3.05) is 13.2 Å². The van der Waals surface area contributed by atoms with E-state index in [0.29, 0.717) is 10.6 Å². The molecule has 4 aromatic rings. The SMILES string of the molecule is CCOC(=O)C(=C(C(=O)OCC)P(c1ccccc1)c1ccccc1)P(c1ccccc1)c1ccccc1. The molecule has 0 atom stereocenters. The molecule has 0 saturated carbocycles. The van der Waals surface area contributed by atoms with Crippen molar-refractivity contribution in [3.63, 3.8) is 0 Å². The smallest absolute Gasteiger partial charge is 0.340 e. The van der Waals surface area contributed by atoms with Crippen molar-refractivity contribution < 1.29 is 19.1 Å². The highest BCUT2D eigenvalue weighted by Gasteiger charge is 2.37. The monoisotopic (exact) mass is 540 g/mol. The summed E-state index contributed by atoms with van der Waals surface area (Å²) >= 11 is 0. The maximum Gasteiger partial charge on any atom is 0.340 e. The molecule has 0 saturated heterocycles. The van der Waals surface area contributed by atoms with E-state index in [-0.39, 0.29) is 13.2 Å². The molecule has 0 aliphatic rings. The second-order valence-electron chi connectivity index (χ2n) is 8.15. The minimum atomic E-state index is -1.44. The first-order valence-corrected chi connectivity index (χ1v) is 15.2. The Labute approximate surface area is 226 Å². The summed E-state index contributed by atoms with van der Waals surface area (Å²) in [6.45, 7) is 3.95. The maximum atomic E-state index is 14.0. The molecular formula is C32H30O4P2. The molecule has 192 valence electrons. The van der Waals surface area contributed by atoms with Gasteiger partial charge in [0.1, 0.15) is 0 Å². The lowest BCUT2D eigenvalue weighted by Gasteiger charge is -2.28. The van der Waals surface area contributed by atoms with Gasteiger partial charge in [0.15, 0.2) is 0 Å². The van der Waals surface area contributed by atoms with Crippen LogP contribution in [0.3, 0.4) is 0 Å². The Morgan fingerprint density at radius 2 is 0.711 bits per heavy atom. The van der Waals surface area contributed by atoms with Gasteiger partial charge >= 0.3 is 11.9 Å². The molecule has 0 amide bonds. The quantitative estimate of drug-likeness (QED) is 0.150. The maximum absolute atomic E-state index is 14.0. The van der Waals surface area contributed by atoms with Crippen LogP contribution in [0, 0.1) is 0 Å². The number of ether oxygens (including phenoxy) is 2. The highest BCUT2D eigenvalue weighted by molar-refractivity contribution is 7.82. The lowest BCUT2D eigenvalue weighted by atomic mass is 10.4. The van der Waals surface area contributed by atoms with Crippen LogP contribution in [0.25, 0.3) is 0 Å². The Morgan fingerprint density at radius 1 is 0.474 bits per heavy atom. The molecule has 38 heavy (non-hydrogen) atoms. The highest BCUT2D eigenvalue weighted by atomic mass is 31.1. The van der Waals surface area contributed by atoms with E-state index in [1.807, 2.05) is 121 Å². The van der Waals surface area contributed by atoms with E-state index < -0.39 is 27.8 Å². The fourth-order valence-corrected chi connectivity index (χ4v) is 9.32. The Bertz CT molecular complexity index is 1170. The van der Waals surface area contributed by atoms with Crippen LogP contribution in [-0.2, 0) is 19.1 Å². The van der Waals surface area contributed by atoms with Gasteiger partial charge in [-0.2, -0.15) is 0 Å². The third-order valence-corrected chi connectivity index (χ3v) is 10.8. The molecular weight excluding hydrogens is 510 g/mol. The molecule has 0 bridgehead atoms. The summed E-state index contributed by atoms with van der Waals surface area (Å²) < 4.78 is 11.4. The molecule has 4 nitrogen and oxygen atoms in total. The van der Waals surface area contributed by atoms with E-state index in [0.717, 1.165) is 21.2 Å². The third kappa shape index (κ3) is 6.45. The predicted octanol–water partition coefficient (Wildman–Crippen LogP) is 5.59. The number of hydrogen-bond donors (Lipinski definition) is 0. The summed E-state index contributed by atoms with van der Waals surface area (Å²) in [6, 6.07) is 39.5. The van der Waals surface area contributed by atoms with Crippen LogP contribution in [0.15, 0.2) is 132 Å². The molecule has 0 fully saturated rings. The average Bonchev–Trinajstić information content (AvgIpc) is 2.97. The van der Waals surface area contributed by atoms with Gasteiger partial charge in [0.2, 0.25) is 0 Å². The zero-order chi connectivity index (χ0) is 26.7. The van der Waals surface area contributed by atoms with Gasteiger partial charge in [-0.1, -0.05) is 121 Å². The molecule has 0 N–H and O–H groups in total. The van der Waals surface area contributed by atoms with Crippen molar-refractivity contribution >= 4 is 49.0 Å². The van der Waals surface area contributed by atoms with Gasteiger partial charge in [0.05, 0.1) is 23.8 Å². The third-order valence-electron chi connectivity index (χ3n) is 5.67. The van der Waals surface area contributed by atoms with Crippen molar-refractivity contribution in [1.29, 1.82) is 0 Å². The first kappa shape index (κ1) is 27.5. The Morgan fingerprint density at radius 3 is 0.921 bits per heavy atom. The van der Waals surface area contributed by atoms with Gasteiger partial charge in [0.25, 0.3) is 0 Å². The van der Waals surface area contributed by atoms with Gasteiger partial charge < -0.3 is 9.47 Å². The minimum Gasteiger partial charge on any atom is -0.462 e. The largest absolute Gasteiger partial charge is 0.462 e. The standard InChI is InChI=1S/C32H30O4P2/c1-3-35-31(33)29(37(25-17-9-5-10-18-25)26-19-11-6-12-20-26)30(32(34)36-4-2)38(27-21-13-7-14-22-27)28-23-15-8-16-24-28/h5-24H,3-4H2,1-2H3. The summed E-state index contributed by atoms with van der Waals surface area (Å²) in [5.74, 6) is -0.984. The summed E-state index contributed by atoms with van der Waals surface area (Å²) in [5, 5.41) is 4.56. The van der Waals surface area contributed by atoms with E-state index in [2.05, 4.69) is 0 Å². The minimum absolute atomic E-state index is 0.194. The predicted molar refractivity (Wildman–Crippen MR) is 158 cm³/mol. The van der Waals surface area contributed by atoms with Crippen LogP contribution < -0.4 is 21.2 Å². The molecule has 0 unspecified atom stereocenters. The lowest BCUT2D eigenvalue weighted by molar-refractivity contribution is -0.140. The zero-order valence-electron chi connectivity index (χ0n) is 21.5. The topological polar surface area (TPSA) is 52.6 Å². The number of rotatable bonds is 10. The number of carbonyl (C=O) groups is 2. The van der Waals surface area contributed by atoms with Gasteiger partial charge in [-0.05, 0) is 50.9 Å². The van der Waals surface area contributed by atoms with E-state index in [4.69, 9.17) is 9.47 Å². The number of benzene rings is 4. The summed E-state index contributed by atoms with van der Waals surface area (Å²) in [5.41, 5.74) is 0. The van der Waals surface area contributed by atoms with Crippen LogP contribution >= 0.6 is 15.8 Å². The van der Waals surface area contributed by atoms with E-state index in [9.17, 15) is 9.59 Å². The van der Waals surface area contributed by atoms with Gasteiger partial charge in [-0.15, -0.1) is 0 Å². The zero-order valence-corrected chi connectivity index (χ0v) is 23.3. The van der Waals surface area contributed by atoms with Crippen LogP contribution in [0.4, 0.5) is 0 Å². The van der Waals surface area contributed by atoms with E-state index in [1.54, 1.807) is 13.8 Å². The number of carbonyl (C=O) groups excluding carboxylic acids is 2. The van der Waals surface area contributed by atoms with Crippen LogP contribution in [0.5, 0.6) is 0 Å². The van der Waals surface area contributed by atoms with Crippen molar-refractivity contribution in [3.8, 4) is 0 Å². The first-order chi connectivity index (χ1) is 18.7. The van der Waals surface area contributed by atoms with E-state index >= 15 is 0 Å². The molecule has 0 spiro atoms. The first-order valence-electron chi connectivity index (χ1n) is 12.5. The van der Waals surface area contributed by atoms with Crippen molar-refractivity contribution in [2.24, 2.45) is 0 Å². The average molecular weight is 541 g/mol. The highest BCUT2D eigenvalue weighted by Crippen LogP contribution is 2.54. The Balaban J connectivity index is 2.13. The van der Waals surface area contributed by atoms with Gasteiger partial charge in [0, 0.05) is 0 Å². The summed E-state index contributed by atoms with van der Waals surface area (Å²) in [4.78, 5) is 28.0. The van der Waals surface area contributed by atoms with E-state index in [1.165, 1.54) is 0 Å². The molecule has 0 aromatic heterocycles. The molecule has 0 aliphatic carbocycles. The molecule has 4 rings (SSSR count). The second-order valence-corrected chi connectivity index (χ2v) is 12.5. The van der Waals surface area contributed by atoms with Crippen molar-refractivity contribution in [3.05, 3.63) is 132 Å². The van der Waals surface area contributed by atoms with Gasteiger partial charge in [-0.3, -0.25) is 0 Å². The second kappa shape index (κ2) is 13.8. The van der Waals surface area contributed by atoms with Crippen molar-refractivity contribution in [2.45, 2.75) is 13.8 Å². The molecule has 6 heteroatoms. The summed E-state index contributed by atoms with van der Waals surface area (Å²) in [7, 11) is -2.88. The molecule has 0 heterocycles. The van der Waals surface area contributed by atoms with Gasteiger partial charge in [-0.25, -0.2) is 9.59 Å². The molecule has 0 aliphatic heterocycles. The van der Waals surface area contributed by atoms with Crippen LogP contribution in [0.2, 0.25) is 0 Å². The van der Waals surface area contributed by atoms with Crippen molar-refractivity contribution in [1.82, 2.24) is 0 Å². The Kier molecular flexibility index (Phi) is 9.98. The summed E-state index contributed by atoms with van der Waals surface area (Å²) in [6.07, 6.45) is 0. The number of esters is 2. The fourth-order valence-electron chi connectivity index (χ4n) is 4.11. The normalized spacial score (nSPS) is 11.7. The molecule has 0 radical (unpaired) electrons.